The maximum absolute atomic E-state index is 2.56. The van der Waals surface area contributed by atoms with Crippen molar-refractivity contribution >= 4 is 43.1 Å². The molecule has 0 saturated carbocycles. The van der Waals surface area contributed by atoms with E-state index in [1.165, 1.54) is 121 Å². The van der Waals surface area contributed by atoms with Gasteiger partial charge >= 0.3 is 0 Å². The van der Waals surface area contributed by atoms with Gasteiger partial charge in [-0.05, 0) is 145 Å². The number of benzene rings is 12. The van der Waals surface area contributed by atoms with Crippen LogP contribution in [0.25, 0.3) is 76.5 Å². The SMILES string of the molecule is c1ccc(C2(c3ccccc3)c3ccc4cc(-c5cccc6ccccc56)cc5c4c3-c3c(ccc4cc(-c6cccc7ccccc67)cc2c34)C5(c2ccccc2)c2ccccc2)cc1. The second-order valence-corrected chi connectivity index (χ2v) is 18.2. The van der Waals surface area contributed by atoms with E-state index in [1.807, 2.05) is 0 Å². The number of fused-ring (bicyclic) bond motifs is 2. The largest absolute Gasteiger partial charge is 0.0714 e. The van der Waals surface area contributed by atoms with Gasteiger partial charge < -0.3 is 0 Å². The first-order valence-corrected chi connectivity index (χ1v) is 23.2. The molecule has 0 nitrogen and oxygen atoms in total. The lowest BCUT2D eigenvalue weighted by atomic mass is 9.53. The molecule has 14 rings (SSSR count). The molecule has 0 aromatic heterocycles. The molecule has 0 heterocycles. The van der Waals surface area contributed by atoms with E-state index >= 15 is 0 Å². The maximum Gasteiger partial charge on any atom is 0.0714 e. The molecule has 0 atom stereocenters. The van der Waals surface area contributed by atoms with Gasteiger partial charge in [-0.25, -0.2) is 0 Å². The fourth-order valence-electron chi connectivity index (χ4n) is 12.6. The number of rotatable bonds is 6. The molecule has 0 aliphatic heterocycles. The highest BCUT2D eigenvalue weighted by atomic mass is 14.5. The Labute approximate surface area is 384 Å². The van der Waals surface area contributed by atoms with Crippen LogP contribution in [0.5, 0.6) is 0 Å². The van der Waals surface area contributed by atoms with Crippen molar-refractivity contribution in [1.29, 1.82) is 0 Å². The number of hydrogen-bond donors (Lipinski definition) is 0. The van der Waals surface area contributed by atoms with E-state index in [1.54, 1.807) is 0 Å². The summed E-state index contributed by atoms with van der Waals surface area (Å²) in [6.07, 6.45) is 0. The summed E-state index contributed by atoms with van der Waals surface area (Å²) in [7, 11) is 0. The third-order valence-corrected chi connectivity index (χ3v) is 15.1. The Kier molecular flexibility index (Phi) is 7.92. The second kappa shape index (κ2) is 14.1. The van der Waals surface area contributed by atoms with Gasteiger partial charge in [0.05, 0.1) is 10.8 Å². The minimum absolute atomic E-state index is 0.651. The van der Waals surface area contributed by atoms with Gasteiger partial charge in [0.2, 0.25) is 0 Å². The van der Waals surface area contributed by atoms with Crippen molar-refractivity contribution in [2.24, 2.45) is 0 Å². The first-order valence-electron chi connectivity index (χ1n) is 23.2. The van der Waals surface area contributed by atoms with Crippen molar-refractivity contribution in [3.05, 3.63) is 299 Å². The van der Waals surface area contributed by atoms with E-state index < -0.39 is 10.8 Å². The van der Waals surface area contributed by atoms with Crippen molar-refractivity contribution in [1.82, 2.24) is 0 Å². The molecule has 2 aliphatic carbocycles. The Morgan fingerprint density at radius 3 is 0.939 bits per heavy atom. The van der Waals surface area contributed by atoms with E-state index in [2.05, 4.69) is 255 Å². The monoisotopic (exact) mass is 834 g/mol. The number of hydrogen-bond acceptors (Lipinski definition) is 0. The molecular formula is C66H42. The van der Waals surface area contributed by atoms with Crippen LogP contribution >= 0.6 is 0 Å². The van der Waals surface area contributed by atoms with Crippen LogP contribution in [-0.2, 0) is 10.8 Å². The summed E-state index contributed by atoms with van der Waals surface area (Å²) in [5, 5.41) is 10.2. The minimum Gasteiger partial charge on any atom is -0.0622 e. The van der Waals surface area contributed by atoms with Gasteiger partial charge in [-0.3, -0.25) is 0 Å². The molecule has 66 heavy (non-hydrogen) atoms. The quantitative estimate of drug-likeness (QED) is 0.157. The second-order valence-electron chi connectivity index (χ2n) is 18.2. The highest BCUT2D eigenvalue weighted by Crippen LogP contribution is 2.65. The van der Waals surface area contributed by atoms with Crippen LogP contribution in [0.1, 0.15) is 44.5 Å². The van der Waals surface area contributed by atoms with Gasteiger partial charge in [-0.1, -0.05) is 231 Å². The highest BCUT2D eigenvalue weighted by molar-refractivity contribution is 6.19. The molecule has 12 aromatic carbocycles. The molecule has 12 aromatic rings. The Hall–Kier alpha value is -8.32. The molecule has 0 spiro atoms. The highest BCUT2D eigenvalue weighted by Gasteiger charge is 2.52. The summed E-state index contributed by atoms with van der Waals surface area (Å²) < 4.78 is 0. The van der Waals surface area contributed by atoms with Gasteiger partial charge in [0, 0.05) is 0 Å². The van der Waals surface area contributed by atoms with Crippen molar-refractivity contribution in [2.45, 2.75) is 10.8 Å². The maximum atomic E-state index is 2.56. The van der Waals surface area contributed by atoms with Gasteiger partial charge in [-0.15, -0.1) is 0 Å². The lowest BCUT2D eigenvalue weighted by Crippen LogP contribution is -2.38. The molecule has 0 radical (unpaired) electrons. The summed E-state index contributed by atoms with van der Waals surface area (Å²) in [6.45, 7) is 0. The van der Waals surface area contributed by atoms with Crippen LogP contribution in [0.15, 0.2) is 255 Å². The fourth-order valence-corrected chi connectivity index (χ4v) is 12.6. The Morgan fingerprint density at radius 1 is 0.227 bits per heavy atom. The zero-order valence-electron chi connectivity index (χ0n) is 36.2. The van der Waals surface area contributed by atoms with Crippen molar-refractivity contribution in [3.8, 4) is 33.4 Å². The third kappa shape index (κ3) is 4.93. The molecule has 0 fully saturated rings. The van der Waals surface area contributed by atoms with Crippen molar-refractivity contribution in [2.75, 3.05) is 0 Å². The molecule has 0 heteroatoms. The topological polar surface area (TPSA) is 0 Å². The molecule has 2 aliphatic rings. The Balaban J connectivity index is 1.23. The molecule has 0 bridgehead atoms. The summed E-state index contributed by atoms with van der Waals surface area (Å²) in [4.78, 5) is 0. The smallest absolute Gasteiger partial charge is 0.0622 e. The van der Waals surface area contributed by atoms with Gasteiger partial charge in [-0.2, -0.15) is 0 Å². The Morgan fingerprint density at radius 2 is 0.561 bits per heavy atom. The van der Waals surface area contributed by atoms with Crippen LogP contribution < -0.4 is 0 Å². The average molecular weight is 835 g/mol. The van der Waals surface area contributed by atoms with E-state index in [4.69, 9.17) is 0 Å². The molecule has 306 valence electrons. The molecule has 0 N–H and O–H groups in total. The predicted molar refractivity (Wildman–Crippen MR) is 277 cm³/mol. The zero-order valence-corrected chi connectivity index (χ0v) is 36.2. The molecule has 0 saturated heterocycles. The van der Waals surface area contributed by atoms with Gasteiger partial charge in [0.15, 0.2) is 0 Å². The van der Waals surface area contributed by atoms with Crippen LogP contribution in [-0.4, -0.2) is 0 Å². The third-order valence-electron chi connectivity index (χ3n) is 15.1. The van der Waals surface area contributed by atoms with E-state index in [9.17, 15) is 0 Å². The van der Waals surface area contributed by atoms with Crippen LogP contribution in [0.4, 0.5) is 0 Å². The van der Waals surface area contributed by atoms with Crippen molar-refractivity contribution in [3.63, 3.8) is 0 Å². The van der Waals surface area contributed by atoms with Gasteiger partial charge in [0.1, 0.15) is 0 Å². The molecular weight excluding hydrogens is 793 g/mol. The first kappa shape index (κ1) is 37.1. The Bertz CT molecular complexity index is 3550. The first-order chi connectivity index (χ1) is 32.7. The predicted octanol–water partition coefficient (Wildman–Crippen LogP) is 16.7. The van der Waals surface area contributed by atoms with Gasteiger partial charge in [0.25, 0.3) is 0 Å². The van der Waals surface area contributed by atoms with Crippen LogP contribution in [0.2, 0.25) is 0 Å². The summed E-state index contributed by atoms with van der Waals surface area (Å²) in [5.41, 5.74) is 16.6. The lowest BCUT2D eigenvalue weighted by molar-refractivity contribution is 0.729. The van der Waals surface area contributed by atoms with Crippen LogP contribution in [0, 0.1) is 0 Å². The normalized spacial score (nSPS) is 14.0. The summed E-state index contributed by atoms with van der Waals surface area (Å²) in [6, 6.07) is 96.4. The van der Waals surface area contributed by atoms with E-state index in [-0.39, 0.29) is 0 Å². The zero-order chi connectivity index (χ0) is 43.4. The minimum atomic E-state index is -0.651. The van der Waals surface area contributed by atoms with E-state index in [0.29, 0.717) is 0 Å². The fraction of sp³-hybridized carbons (Fsp3) is 0.0303. The van der Waals surface area contributed by atoms with Crippen molar-refractivity contribution < 1.29 is 0 Å². The summed E-state index contributed by atoms with van der Waals surface area (Å²) >= 11 is 0. The molecule has 0 unspecified atom stereocenters. The average Bonchev–Trinajstić information content (AvgIpc) is 3.40. The van der Waals surface area contributed by atoms with E-state index in [0.717, 1.165) is 0 Å². The standard InChI is InChI=1S/C66H42/c1-5-23-49(24-6-1)65(50-25-7-2-8-26-50)57-37-35-46-40-48(56-34-18-22-44-20-14-16-32-54(44)56)42-60-62(46)63(57)64-58(66(60,51-27-9-3-10-28-51)52-29-11-4-12-30-52)38-36-45-39-47(41-59(65)61(45)64)55-33-17-21-43-19-13-15-31-53(43)55/h1-42H. The van der Waals surface area contributed by atoms with Crippen LogP contribution in [0.3, 0.4) is 0 Å². The lowest BCUT2D eigenvalue weighted by Gasteiger charge is -2.48. The summed E-state index contributed by atoms with van der Waals surface area (Å²) in [5.74, 6) is 0. The molecule has 0 amide bonds.